The number of rotatable bonds is 2. The summed E-state index contributed by atoms with van der Waals surface area (Å²) in [7, 11) is 0. The molecule has 1 fully saturated rings. The van der Waals surface area contributed by atoms with E-state index in [1.54, 1.807) is 24.5 Å². The average Bonchev–Trinajstić information content (AvgIpc) is 2.79. The first-order valence-electron chi connectivity index (χ1n) is 5.80. The number of nitrogens with zero attached hydrogens (tertiary/aromatic N) is 1. The van der Waals surface area contributed by atoms with Crippen molar-refractivity contribution in [2.75, 3.05) is 13.2 Å². The first-order chi connectivity index (χ1) is 8.18. The van der Waals surface area contributed by atoms with E-state index in [-0.39, 0.29) is 18.0 Å². The summed E-state index contributed by atoms with van der Waals surface area (Å²) in [5.41, 5.74) is 0. The van der Waals surface area contributed by atoms with Crippen molar-refractivity contribution in [2.45, 2.75) is 25.9 Å². The van der Waals surface area contributed by atoms with Crippen LogP contribution in [0.1, 0.15) is 19.6 Å². The van der Waals surface area contributed by atoms with Crippen LogP contribution in [-0.4, -0.2) is 36.1 Å². The van der Waals surface area contributed by atoms with Gasteiger partial charge in [-0.15, -0.1) is 0 Å². The van der Waals surface area contributed by atoms with Crippen molar-refractivity contribution in [3.63, 3.8) is 0 Å². The van der Waals surface area contributed by atoms with Gasteiger partial charge >= 0.3 is 0 Å². The van der Waals surface area contributed by atoms with Gasteiger partial charge in [0.05, 0.1) is 31.6 Å². The Labute approximate surface area is 101 Å². The van der Waals surface area contributed by atoms with E-state index in [1.165, 1.54) is 0 Å². The lowest BCUT2D eigenvalue weighted by Crippen LogP contribution is -2.51. The fourth-order valence-corrected chi connectivity index (χ4v) is 2.06. The minimum Gasteiger partial charge on any atom is -0.465 e. The van der Waals surface area contributed by atoms with Crippen LogP contribution in [0.4, 0.5) is 0 Å². The number of carbonyl (C=O) groups excluding carboxylic acids is 1. The van der Waals surface area contributed by atoms with E-state index in [4.69, 9.17) is 9.15 Å². The Bertz CT molecular complexity index is 387. The van der Waals surface area contributed by atoms with Crippen LogP contribution in [0, 0.1) is 0 Å². The molecule has 1 amide bonds. The molecule has 0 N–H and O–H groups in total. The molecule has 0 aromatic carbocycles. The van der Waals surface area contributed by atoms with Gasteiger partial charge in [0.1, 0.15) is 5.76 Å². The van der Waals surface area contributed by atoms with Crippen molar-refractivity contribution in [1.82, 2.24) is 4.90 Å². The van der Waals surface area contributed by atoms with Gasteiger partial charge in [-0.25, -0.2) is 0 Å². The third kappa shape index (κ3) is 2.77. The fraction of sp³-hybridized carbons (Fsp3) is 0.462. The monoisotopic (exact) mass is 235 g/mol. The quantitative estimate of drug-likeness (QED) is 0.736. The molecule has 0 saturated carbocycles. The second-order valence-electron chi connectivity index (χ2n) is 4.33. The normalized spacial score (nSPS) is 25.4. The van der Waals surface area contributed by atoms with Crippen molar-refractivity contribution in [1.29, 1.82) is 0 Å². The van der Waals surface area contributed by atoms with Crippen molar-refractivity contribution < 1.29 is 13.9 Å². The summed E-state index contributed by atoms with van der Waals surface area (Å²) in [6.45, 7) is 5.19. The number of morpholine rings is 1. The molecule has 17 heavy (non-hydrogen) atoms. The second-order valence-corrected chi connectivity index (χ2v) is 4.33. The lowest BCUT2D eigenvalue weighted by atomic mass is 10.1. The molecule has 0 bridgehead atoms. The molecule has 2 heterocycles. The highest BCUT2D eigenvalue weighted by Gasteiger charge is 2.28. The lowest BCUT2D eigenvalue weighted by Gasteiger charge is -2.38. The molecule has 4 nitrogen and oxygen atoms in total. The predicted octanol–water partition coefficient (Wildman–Crippen LogP) is 1.93. The lowest BCUT2D eigenvalue weighted by molar-refractivity contribution is -0.138. The Hall–Kier alpha value is -1.55. The van der Waals surface area contributed by atoms with Crippen LogP contribution in [0.25, 0.3) is 6.08 Å². The van der Waals surface area contributed by atoms with E-state index in [9.17, 15) is 4.79 Å². The van der Waals surface area contributed by atoms with Crippen LogP contribution >= 0.6 is 0 Å². The predicted molar refractivity (Wildman–Crippen MR) is 64.3 cm³/mol. The summed E-state index contributed by atoms with van der Waals surface area (Å²) in [5, 5.41) is 0. The molecule has 0 unspecified atom stereocenters. The molecule has 92 valence electrons. The molecule has 2 atom stereocenters. The van der Waals surface area contributed by atoms with Gasteiger partial charge in [0, 0.05) is 6.08 Å². The van der Waals surface area contributed by atoms with E-state index in [1.807, 2.05) is 24.8 Å². The van der Waals surface area contributed by atoms with E-state index >= 15 is 0 Å². The average molecular weight is 235 g/mol. The largest absolute Gasteiger partial charge is 0.465 e. The molecule has 1 saturated heterocycles. The standard InChI is InChI=1S/C13H17NO3/c1-10-8-16-9-11(2)14(10)13(15)6-5-12-4-3-7-17-12/h3-7,10-11H,8-9H2,1-2H3/b6-5-/t10-,11-/m1/s1. The van der Waals surface area contributed by atoms with Gasteiger partial charge in [0.15, 0.2) is 0 Å². The van der Waals surface area contributed by atoms with Crippen LogP contribution in [0.2, 0.25) is 0 Å². The maximum atomic E-state index is 12.1. The zero-order chi connectivity index (χ0) is 12.3. The van der Waals surface area contributed by atoms with E-state index < -0.39 is 0 Å². The second kappa shape index (κ2) is 5.19. The number of carbonyl (C=O) groups is 1. The van der Waals surface area contributed by atoms with Crippen LogP contribution in [0.5, 0.6) is 0 Å². The number of hydrogen-bond donors (Lipinski definition) is 0. The maximum absolute atomic E-state index is 12.1. The number of ether oxygens (including phenoxy) is 1. The Morgan fingerprint density at radius 3 is 2.71 bits per heavy atom. The first-order valence-corrected chi connectivity index (χ1v) is 5.80. The molecular weight excluding hydrogens is 218 g/mol. The van der Waals surface area contributed by atoms with Crippen LogP contribution < -0.4 is 0 Å². The van der Waals surface area contributed by atoms with Gasteiger partial charge in [-0.1, -0.05) is 0 Å². The van der Waals surface area contributed by atoms with Crippen molar-refractivity contribution >= 4 is 12.0 Å². The topological polar surface area (TPSA) is 42.7 Å². The third-order valence-corrected chi connectivity index (χ3v) is 2.86. The van der Waals surface area contributed by atoms with Crippen molar-refractivity contribution in [2.24, 2.45) is 0 Å². The van der Waals surface area contributed by atoms with E-state index in [0.29, 0.717) is 19.0 Å². The molecule has 1 aliphatic rings. The van der Waals surface area contributed by atoms with Crippen LogP contribution in [-0.2, 0) is 9.53 Å². The Morgan fingerprint density at radius 2 is 2.12 bits per heavy atom. The minimum absolute atomic E-state index is 0.00435. The third-order valence-electron chi connectivity index (χ3n) is 2.86. The van der Waals surface area contributed by atoms with Gasteiger partial charge in [-0.3, -0.25) is 4.79 Å². The summed E-state index contributed by atoms with van der Waals surface area (Å²) in [6, 6.07) is 3.85. The SMILES string of the molecule is C[C@@H]1COC[C@@H](C)N1C(=O)/C=C\c1ccco1. The Kier molecular flexibility index (Phi) is 3.64. The molecule has 0 radical (unpaired) electrons. The van der Waals surface area contributed by atoms with Gasteiger partial charge in [0.25, 0.3) is 0 Å². The summed E-state index contributed by atoms with van der Waals surface area (Å²) >= 11 is 0. The van der Waals surface area contributed by atoms with Crippen molar-refractivity contribution in [3.8, 4) is 0 Å². The molecule has 2 rings (SSSR count). The molecular formula is C13H17NO3. The van der Waals surface area contributed by atoms with Crippen LogP contribution in [0.3, 0.4) is 0 Å². The number of hydrogen-bond acceptors (Lipinski definition) is 3. The smallest absolute Gasteiger partial charge is 0.247 e. The fourth-order valence-electron chi connectivity index (χ4n) is 2.06. The van der Waals surface area contributed by atoms with Gasteiger partial charge in [-0.05, 0) is 32.1 Å². The van der Waals surface area contributed by atoms with Crippen LogP contribution in [0.15, 0.2) is 28.9 Å². The van der Waals surface area contributed by atoms with E-state index in [2.05, 4.69) is 0 Å². The molecule has 1 aromatic heterocycles. The molecule has 4 heteroatoms. The van der Waals surface area contributed by atoms with Crippen molar-refractivity contribution in [3.05, 3.63) is 30.2 Å². The van der Waals surface area contributed by atoms with Gasteiger partial charge < -0.3 is 14.1 Å². The summed E-state index contributed by atoms with van der Waals surface area (Å²) in [6.07, 6.45) is 4.83. The minimum atomic E-state index is 0.00435. The maximum Gasteiger partial charge on any atom is 0.247 e. The summed E-state index contributed by atoms with van der Waals surface area (Å²) in [5.74, 6) is 0.691. The molecule has 0 aliphatic carbocycles. The zero-order valence-corrected chi connectivity index (χ0v) is 10.1. The first kappa shape index (κ1) is 11.9. The summed E-state index contributed by atoms with van der Waals surface area (Å²) < 4.78 is 10.5. The van der Waals surface area contributed by atoms with E-state index in [0.717, 1.165) is 0 Å². The molecule has 0 spiro atoms. The zero-order valence-electron chi connectivity index (χ0n) is 10.1. The number of furan rings is 1. The highest BCUT2D eigenvalue weighted by Crippen LogP contribution is 2.14. The highest BCUT2D eigenvalue weighted by atomic mass is 16.5. The number of amides is 1. The Morgan fingerprint density at radius 1 is 1.41 bits per heavy atom. The van der Waals surface area contributed by atoms with Gasteiger partial charge in [-0.2, -0.15) is 0 Å². The summed E-state index contributed by atoms with van der Waals surface area (Å²) in [4.78, 5) is 13.9. The Balaban J connectivity index is 2.03. The molecule has 1 aromatic rings. The molecule has 1 aliphatic heterocycles. The highest BCUT2D eigenvalue weighted by molar-refractivity contribution is 5.91. The van der Waals surface area contributed by atoms with Gasteiger partial charge in [0.2, 0.25) is 5.91 Å².